The molecule has 0 fully saturated rings. The van der Waals surface area contributed by atoms with E-state index < -0.39 is 45.3 Å². The van der Waals surface area contributed by atoms with Crippen LogP contribution < -0.4 is 16.0 Å². The smallest absolute Gasteiger partial charge is 0.382 e. The zero-order valence-corrected chi connectivity index (χ0v) is 19.2. The number of carbonyl (C=O) groups excluding carboxylic acids is 3. The summed E-state index contributed by atoms with van der Waals surface area (Å²) in [5.74, 6) is 0.604. The number of phenolic OH excluding ortho intramolecular Hbond substituents is 1. The van der Waals surface area contributed by atoms with Crippen molar-refractivity contribution >= 4 is 23.5 Å². The summed E-state index contributed by atoms with van der Waals surface area (Å²) < 4.78 is 15.8. The highest BCUT2D eigenvalue weighted by Gasteiger charge is 2.33. The van der Waals surface area contributed by atoms with E-state index in [4.69, 9.17) is 19.7 Å². The Morgan fingerprint density at radius 2 is 1.92 bits per heavy atom. The molecule has 0 radical (unpaired) electrons. The summed E-state index contributed by atoms with van der Waals surface area (Å²) in [5.41, 5.74) is -0.0796. The van der Waals surface area contributed by atoms with E-state index in [0.29, 0.717) is 23.5 Å². The Morgan fingerprint density at radius 1 is 1.14 bits per heavy atom. The third kappa shape index (κ3) is 5.67. The Balaban J connectivity index is 1.86. The Hall–Kier alpha value is -4.71. The molecule has 0 unspecified atom stereocenters. The van der Waals surface area contributed by atoms with Crippen molar-refractivity contribution in [3.63, 3.8) is 0 Å². The predicted octanol–water partition coefficient (Wildman–Crippen LogP) is 3.73. The number of carbonyl (C=O) groups is 3. The number of furan rings is 1. The summed E-state index contributed by atoms with van der Waals surface area (Å²) in [4.78, 5) is 47.9. The molecule has 0 aliphatic rings. The van der Waals surface area contributed by atoms with Crippen LogP contribution in [0.2, 0.25) is 0 Å². The first kappa shape index (κ1) is 25.9. The number of nitrogens with two attached hydrogens (primary N) is 1. The summed E-state index contributed by atoms with van der Waals surface area (Å²) in [7, 11) is 0. The fourth-order valence-corrected chi connectivity index (χ4v) is 3.41. The molecule has 0 spiro atoms. The predicted molar refractivity (Wildman–Crippen MR) is 125 cm³/mol. The third-order valence-electron chi connectivity index (χ3n) is 5.11. The normalized spacial score (nSPS) is 10.5. The number of nitrogen functional groups attached to an aromatic ring is 1. The Morgan fingerprint density at radius 3 is 2.61 bits per heavy atom. The fourth-order valence-electron chi connectivity index (χ4n) is 3.41. The number of nitro groups is 1. The quantitative estimate of drug-likeness (QED) is 0.0709. The number of benzene rings is 2. The average molecular weight is 497 g/mol. The van der Waals surface area contributed by atoms with Gasteiger partial charge in [-0.3, -0.25) is 20.3 Å². The lowest BCUT2D eigenvalue weighted by Crippen LogP contribution is -2.32. The Labute approximate surface area is 204 Å². The van der Waals surface area contributed by atoms with E-state index in [-0.39, 0.29) is 5.76 Å². The van der Waals surface area contributed by atoms with Gasteiger partial charge in [0.2, 0.25) is 5.76 Å². The van der Waals surface area contributed by atoms with Gasteiger partial charge >= 0.3 is 17.6 Å². The number of amides is 1. The number of nitrogens with zero attached hydrogens (tertiary/aromatic N) is 1. The molecule has 3 aromatic rings. The van der Waals surface area contributed by atoms with Gasteiger partial charge in [-0.2, -0.15) is 0 Å². The largest absolute Gasteiger partial charge is 0.502 e. The van der Waals surface area contributed by atoms with Crippen LogP contribution in [0, 0.1) is 10.1 Å². The molecule has 1 amide bonds. The van der Waals surface area contributed by atoms with E-state index in [1.807, 2.05) is 0 Å². The standard InChI is InChI=1S/C24H23N3O9/c1-2-3-4-11-34-15-7-5-6-14(13-15)16-10-12-35-21(16)24(31)36-23(30)17-8-9-18(28)20(27(32)33)19(17)22(29)26-25/h5-10,12-13,28H,2-4,11,25H2,1H3,(H,26,29). The van der Waals surface area contributed by atoms with Crippen LogP contribution in [0.1, 0.15) is 57.5 Å². The van der Waals surface area contributed by atoms with Gasteiger partial charge in [-0.25, -0.2) is 15.4 Å². The molecule has 0 bridgehead atoms. The summed E-state index contributed by atoms with van der Waals surface area (Å²) in [6.45, 7) is 2.62. The summed E-state index contributed by atoms with van der Waals surface area (Å²) >= 11 is 0. The van der Waals surface area contributed by atoms with Crippen molar-refractivity contribution in [3.8, 4) is 22.6 Å². The number of esters is 2. The van der Waals surface area contributed by atoms with E-state index in [9.17, 15) is 29.6 Å². The first-order valence-electron chi connectivity index (χ1n) is 10.9. The number of hydrogen-bond acceptors (Lipinski definition) is 10. The SMILES string of the molecule is CCCCCOc1cccc(-c2ccoc2C(=O)OC(=O)c2ccc(O)c([N+](=O)[O-])c2C(=O)NN)c1. The van der Waals surface area contributed by atoms with Crippen molar-refractivity contribution in [3.05, 3.63) is 75.7 Å². The van der Waals surface area contributed by atoms with E-state index in [0.717, 1.165) is 31.4 Å². The molecular formula is C24H23N3O9. The number of hydrogen-bond donors (Lipinski definition) is 3. The number of unbranched alkanes of at least 4 members (excludes halogenated alkanes) is 2. The number of nitro benzene ring substituents is 1. The van der Waals surface area contributed by atoms with Gasteiger partial charge < -0.3 is 19.0 Å². The molecule has 0 aliphatic heterocycles. The molecule has 188 valence electrons. The van der Waals surface area contributed by atoms with Crippen molar-refractivity contribution in [1.29, 1.82) is 0 Å². The highest BCUT2D eigenvalue weighted by Crippen LogP contribution is 2.33. The molecule has 36 heavy (non-hydrogen) atoms. The lowest BCUT2D eigenvalue weighted by Gasteiger charge is -2.10. The lowest BCUT2D eigenvalue weighted by atomic mass is 10.0. The maximum absolute atomic E-state index is 12.8. The minimum Gasteiger partial charge on any atom is -0.502 e. The molecular weight excluding hydrogens is 474 g/mol. The number of rotatable bonds is 10. The third-order valence-corrected chi connectivity index (χ3v) is 5.11. The maximum atomic E-state index is 12.8. The molecule has 1 aromatic heterocycles. The van der Waals surface area contributed by atoms with Crippen LogP contribution in [-0.2, 0) is 4.74 Å². The summed E-state index contributed by atoms with van der Waals surface area (Å²) in [6, 6.07) is 10.1. The molecule has 4 N–H and O–H groups in total. The van der Waals surface area contributed by atoms with Gasteiger partial charge in [-0.15, -0.1) is 0 Å². The number of aromatic hydroxyl groups is 1. The van der Waals surface area contributed by atoms with Crippen LogP contribution >= 0.6 is 0 Å². The van der Waals surface area contributed by atoms with E-state index in [1.54, 1.807) is 29.7 Å². The van der Waals surface area contributed by atoms with Crippen molar-refractivity contribution in [1.82, 2.24) is 5.43 Å². The van der Waals surface area contributed by atoms with Gasteiger partial charge in [0.25, 0.3) is 5.91 Å². The molecule has 0 saturated heterocycles. The number of phenols is 1. The highest BCUT2D eigenvalue weighted by molar-refractivity contribution is 6.12. The number of hydrazine groups is 1. The molecule has 0 saturated carbocycles. The van der Waals surface area contributed by atoms with Crippen LogP contribution in [0.25, 0.3) is 11.1 Å². The van der Waals surface area contributed by atoms with Crippen molar-refractivity contribution in [2.45, 2.75) is 26.2 Å². The molecule has 3 rings (SSSR count). The zero-order valence-electron chi connectivity index (χ0n) is 19.2. The van der Waals surface area contributed by atoms with Crippen LogP contribution in [0.5, 0.6) is 11.5 Å². The van der Waals surface area contributed by atoms with Crippen molar-refractivity contribution in [2.75, 3.05) is 6.61 Å². The van der Waals surface area contributed by atoms with Gasteiger partial charge in [0.1, 0.15) is 11.3 Å². The highest BCUT2D eigenvalue weighted by atomic mass is 16.6. The first-order valence-corrected chi connectivity index (χ1v) is 10.9. The van der Waals surface area contributed by atoms with Crippen molar-refractivity contribution in [2.24, 2.45) is 5.84 Å². The molecule has 1 heterocycles. The number of nitrogens with one attached hydrogen (secondary N) is 1. The molecule has 12 nitrogen and oxygen atoms in total. The maximum Gasteiger partial charge on any atom is 0.382 e. The van der Waals surface area contributed by atoms with Gasteiger partial charge in [0.05, 0.1) is 23.4 Å². The van der Waals surface area contributed by atoms with E-state index in [1.165, 1.54) is 12.3 Å². The number of ether oxygens (including phenoxy) is 2. The second-order valence-corrected chi connectivity index (χ2v) is 7.51. The lowest BCUT2D eigenvalue weighted by molar-refractivity contribution is -0.386. The first-order chi connectivity index (χ1) is 17.3. The minimum atomic E-state index is -1.39. The molecule has 0 atom stereocenters. The van der Waals surface area contributed by atoms with Gasteiger partial charge in [0.15, 0.2) is 5.75 Å². The van der Waals surface area contributed by atoms with Crippen molar-refractivity contribution < 1.29 is 38.3 Å². The van der Waals surface area contributed by atoms with E-state index >= 15 is 0 Å². The van der Waals surface area contributed by atoms with Crippen LogP contribution in [0.4, 0.5) is 5.69 Å². The average Bonchev–Trinajstić information content (AvgIpc) is 3.36. The van der Waals surface area contributed by atoms with Gasteiger partial charge in [-0.05, 0) is 42.3 Å². The zero-order chi connectivity index (χ0) is 26.2. The summed E-state index contributed by atoms with van der Waals surface area (Å²) in [5, 5.41) is 21.2. The van der Waals surface area contributed by atoms with Gasteiger partial charge in [0, 0.05) is 5.56 Å². The Kier molecular flexibility index (Phi) is 8.36. The second-order valence-electron chi connectivity index (χ2n) is 7.51. The molecule has 0 aliphatic carbocycles. The fraction of sp³-hybridized carbons (Fsp3) is 0.208. The molecule has 2 aromatic carbocycles. The van der Waals surface area contributed by atoms with Crippen LogP contribution in [0.3, 0.4) is 0 Å². The minimum absolute atomic E-state index is 0.309. The Bertz CT molecular complexity index is 1300. The van der Waals surface area contributed by atoms with Gasteiger partial charge in [-0.1, -0.05) is 31.9 Å². The van der Waals surface area contributed by atoms with E-state index in [2.05, 4.69) is 6.92 Å². The topological polar surface area (TPSA) is 184 Å². The van der Waals surface area contributed by atoms with Crippen LogP contribution in [-0.4, -0.2) is 34.5 Å². The summed E-state index contributed by atoms with van der Waals surface area (Å²) in [6.07, 6.45) is 4.21. The van der Waals surface area contributed by atoms with Crippen LogP contribution in [0.15, 0.2) is 53.1 Å². The monoisotopic (exact) mass is 497 g/mol. The second kappa shape index (κ2) is 11.6. The molecule has 12 heteroatoms.